The van der Waals surface area contributed by atoms with Crippen LogP contribution in [0.1, 0.15) is 37.3 Å². The summed E-state index contributed by atoms with van der Waals surface area (Å²) in [7, 11) is -2.30. The minimum atomic E-state index is -3.66. The van der Waals surface area contributed by atoms with Crippen LogP contribution in [0.2, 0.25) is 0 Å². The van der Waals surface area contributed by atoms with Crippen LogP contribution in [0, 0.1) is 19.8 Å². The third-order valence-electron chi connectivity index (χ3n) is 5.11. The minimum Gasteiger partial charge on any atom is -0.469 e. The van der Waals surface area contributed by atoms with Crippen LogP contribution >= 0.6 is 0 Å². The second-order valence-electron chi connectivity index (χ2n) is 7.45. The number of carbonyl (C=O) groups is 2. The van der Waals surface area contributed by atoms with Crippen LogP contribution < -0.4 is 4.31 Å². The summed E-state index contributed by atoms with van der Waals surface area (Å²) in [4.78, 5) is 26.6. The highest BCUT2D eigenvalue weighted by Gasteiger charge is 2.36. The highest BCUT2D eigenvalue weighted by molar-refractivity contribution is 7.92. The molecule has 0 saturated carbocycles. The maximum absolute atomic E-state index is 13.2. The zero-order valence-corrected chi connectivity index (χ0v) is 18.1. The van der Waals surface area contributed by atoms with Gasteiger partial charge in [0, 0.05) is 13.1 Å². The Morgan fingerprint density at radius 3 is 2.14 bits per heavy atom. The predicted octanol–water partition coefficient (Wildman–Crippen LogP) is 2.26. The molecule has 1 heterocycles. The quantitative estimate of drug-likeness (QED) is 0.672. The van der Waals surface area contributed by atoms with Crippen molar-refractivity contribution in [3.8, 4) is 0 Å². The summed E-state index contributed by atoms with van der Waals surface area (Å²) in [6.45, 7) is 6.44. The first-order chi connectivity index (χ1) is 13.1. The fraction of sp³-hybridized carbons (Fsp3) is 0.600. The lowest BCUT2D eigenvalue weighted by molar-refractivity contribution is -0.149. The molecule has 0 aliphatic carbocycles. The van der Waals surface area contributed by atoms with E-state index in [4.69, 9.17) is 4.74 Å². The molecule has 1 aromatic carbocycles. The average molecular weight is 411 g/mol. The van der Waals surface area contributed by atoms with Crippen LogP contribution in [0.4, 0.5) is 5.69 Å². The maximum atomic E-state index is 13.2. The number of likely N-dealkylation sites (tertiary alicyclic amines) is 1. The summed E-state index contributed by atoms with van der Waals surface area (Å²) in [5.41, 5.74) is 2.37. The van der Waals surface area contributed by atoms with Crippen molar-refractivity contribution in [1.29, 1.82) is 0 Å². The van der Waals surface area contributed by atoms with E-state index in [0.29, 0.717) is 38.0 Å². The maximum Gasteiger partial charge on any atom is 0.308 e. The molecule has 7 nitrogen and oxygen atoms in total. The van der Waals surface area contributed by atoms with Gasteiger partial charge in [0.25, 0.3) is 0 Å². The van der Waals surface area contributed by atoms with E-state index in [0.717, 1.165) is 17.4 Å². The van der Waals surface area contributed by atoms with Gasteiger partial charge in [0.1, 0.15) is 6.04 Å². The Morgan fingerprint density at radius 2 is 1.71 bits per heavy atom. The molecule has 1 aromatic rings. The molecule has 0 N–H and O–H groups in total. The van der Waals surface area contributed by atoms with Gasteiger partial charge in [-0.05, 0) is 56.4 Å². The molecule has 2 rings (SSSR count). The predicted molar refractivity (Wildman–Crippen MR) is 109 cm³/mol. The first-order valence-electron chi connectivity index (χ1n) is 9.52. The van der Waals surface area contributed by atoms with Crippen molar-refractivity contribution in [2.45, 2.75) is 46.1 Å². The number of benzene rings is 1. The Bertz CT molecular complexity index is 809. The molecule has 1 aliphatic rings. The standard InChI is InChI=1S/C20H30N2O5S/c1-6-18(19(23)21-9-7-16(8-10-21)20(24)27-4)22(28(5,25)26)17-12-14(2)11-15(3)13-17/h11-13,16,18H,6-10H2,1-5H3. The number of aryl methyl sites for hydroxylation is 2. The number of anilines is 1. The van der Waals surface area contributed by atoms with Crippen LogP contribution in [-0.4, -0.2) is 57.7 Å². The molecule has 1 unspecified atom stereocenters. The third-order valence-corrected chi connectivity index (χ3v) is 6.29. The van der Waals surface area contributed by atoms with E-state index >= 15 is 0 Å². The van der Waals surface area contributed by atoms with E-state index in [2.05, 4.69) is 0 Å². The molecule has 0 bridgehead atoms. The highest BCUT2D eigenvalue weighted by atomic mass is 32.2. The molecule has 1 atom stereocenters. The average Bonchev–Trinajstić information content (AvgIpc) is 2.63. The molecule has 1 amide bonds. The molecule has 0 radical (unpaired) electrons. The lowest BCUT2D eigenvalue weighted by Crippen LogP contribution is -2.52. The number of rotatable bonds is 6. The van der Waals surface area contributed by atoms with Gasteiger partial charge in [0.05, 0.1) is 25.0 Å². The number of hydrogen-bond donors (Lipinski definition) is 0. The first-order valence-corrected chi connectivity index (χ1v) is 11.4. The van der Waals surface area contributed by atoms with Crippen molar-refractivity contribution in [1.82, 2.24) is 4.90 Å². The molecule has 1 aliphatic heterocycles. The molecule has 8 heteroatoms. The van der Waals surface area contributed by atoms with Crippen LogP contribution in [0.5, 0.6) is 0 Å². The van der Waals surface area contributed by atoms with Crippen molar-refractivity contribution in [3.63, 3.8) is 0 Å². The van der Waals surface area contributed by atoms with Gasteiger partial charge in [0.2, 0.25) is 15.9 Å². The fourth-order valence-electron chi connectivity index (χ4n) is 3.83. The van der Waals surface area contributed by atoms with E-state index in [1.54, 1.807) is 17.0 Å². The number of ether oxygens (including phenoxy) is 1. The van der Waals surface area contributed by atoms with E-state index in [1.165, 1.54) is 11.4 Å². The van der Waals surface area contributed by atoms with Gasteiger partial charge in [-0.25, -0.2) is 8.42 Å². The Hall–Kier alpha value is -2.09. The van der Waals surface area contributed by atoms with Crippen molar-refractivity contribution in [2.24, 2.45) is 5.92 Å². The molecule has 1 fully saturated rings. The second-order valence-corrected chi connectivity index (χ2v) is 9.31. The van der Waals surface area contributed by atoms with Crippen molar-refractivity contribution < 1.29 is 22.7 Å². The molecule has 156 valence electrons. The summed E-state index contributed by atoms with van der Waals surface area (Å²) in [5, 5.41) is 0. The zero-order chi connectivity index (χ0) is 21.1. The van der Waals surface area contributed by atoms with Gasteiger partial charge in [0.15, 0.2) is 0 Å². The number of sulfonamides is 1. The topological polar surface area (TPSA) is 84.0 Å². The van der Waals surface area contributed by atoms with E-state index in [1.807, 2.05) is 26.8 Å². The Balaban J connectivity index is 2.29. The Labute approximate surface area is 167 Å². The van der Waals surface area contributed by atoms with Crippen molar-refractivity contribution >= 4 is 27.6 Å². The summed E-state index contributed by atoms with van der Waals surface area (Å²) in [6.07, 6.45) is 2.54. The van der Waals surface area contributed by atoms with Gasteiger partial charge in [-0.3, -0.25) is 13.9 Å². The van der Waals surface area contributed by atoms with E-state index in [9.17, 15) is 18.0 Å². The smallest absolute Gasteiger partial charge is 0.308 e. The molecule has 0 aromatic heterocycles. The molecular formula is C20H30N2O5S. The summed E-state index contributed by atoms with van der Waals surface area (Å²) < 4.78 is 31.3. The zero-order valence-electron chi connectivity index (χ0n) is 17.3. The lowest BCUT2D eigenvalue weighted by atomic mass is 9.96. The van der Waals surface area contributed by atoms with Crippen LogP contribution in [-0.2, 0) is 24.3 Å². The molecular weight excluding hydrogens is 380 g/mol. The normalized spacial score (nSPS) is 16.5. The van der Waals surface area contributed by atoms with Gasteiger partial charge < -0.3 is 9.64 Å². The fourth-order valence-corrected chi connectivity index (χ4v) is 5.02. The Morgan fingerprint density at radius 1 is 1.18 bits per heavy atom. The summed E-state index contributed by atoms with van der Waals surface area (Å²) in [5.74, 6) is -0.693. The number of carbonyl (C=O) groups excluding carboxylic acids is 2. The van der Waals surface area contributed by atoms with Crippen LogP contribution in [0.15, 0.2) is 18.2 Å². The molecule has 28 heavy (non-hydrogen) atoms. The van der Waals surface area contributed by atoms with Gasteiger partial charge in [-0.15, -0.1) is 0 Å². The van der Waals surface area contributed by atoms with Gasteiger partial charge >= 0.3 is 5.97 Å². The SMILES string of the molecule is CCC(C(=O)N1CCC(C(=O)OC)CC1)N(c1cc(C)cc(C)c1)S(C)(=O)=O. The summed E-state index contributed by atoms with van der Waals surface area (Å²) >= 11 is 0. The van der Waals surface area contributed by atoms with E-state index in [-0.39, 0.29) is 17.8 Å². The Kier molecular flexibility index (Phi) is 7.09. The minimum absolute atomic E-state index is 0.209. The number of piperidine rings is 1. The lowest BCUT2D eigenvalue weighted by Gasteiger charge is -2.37. The monoisotopic (exact) mass is 410 g/mol. The van der Waals surface area contributed by atoms with Crippen LogP contribution in [0.3, 0.4) is 0 Å². The number of amides is 1. The van der Waals surface area contributed by atoms with E-state index < -0.39 is 16.1 Å². The van der Waals surface area contributed by atoms with Gasteiger partial charge in [-0.1, -0.05) is 13.0 Å². The van der Waals surface area contributed by atoms with Crippen molar-refractivity contribution in [3.05, 3.63) is 29.3 Å². The highest BCUT2D eigenvalue weighted by Crippen LogP contribution is 2.27. The number of nitrogens with zero attached hydrogens (tertiary/aromatic N) is 2. The number of methoxy groups -OCH3 is 1. The molecule has 0 spiro atoms. The third kappa shape index (κ3) is 5.04. The number of hydrogen-bond acceptors (Lipinski definition) is 5. The first kappa shape index (κ1) is 22.2. The molecule has 1 saturated heterocycles. The van der Waals surface area contributed by atoms with Gasteiger partial charge in [-0.2, -0.15) is 0 Å². The number of esters is 1. The van der Waals surface area contributed by atoms with Crippen molar-refractivity contribution in [2.75, 3.05) is 30.8 Å². The largest absolute Gasteiger partial charge is 0.469 e. The summed E-state index contributed by atoms with van der Waals surface area (Å²) in [6, 6.07) is 4.72. The van der Waals surface area contributed by atoms with Crippen LogP contribution in [0.25, 0.3) is 0 Å². The second kappa shape index (κ2) is 8.94.